The third-order valence-electron chi connectivity index (χ3n) is 3.29. The molecular weight excluding hydrogens is 212 g/mol. The summed E-state index contributed by atoms with van der Waals surface area (Å²) in [4.78, 5) is 6.77. The van der Waals surface area contributed by atoms with Gasteiger partial charge in [-0.15, -0.1) is 0 Å². The van der Waals surface area contributed by atoms with Crippen LogP contribution in [0, 0.1) is 11.3 Å². The van der Waals surface area contributed by atoms with Crippen LogP contribution in [0.3, 0.4) is 0 Å². The van der Waals surface area contributed by atoms with E-state index in [0.717, 1.165) is 37.3 Å². The smallest absolute Gasteiger partial charge is 0.137 e. The van der Waals surface area contributed by atoms with E-state index in [0.29, 0.717) is 0 Å². The number of nitrogens with zero attached hydrogens (tertiary/aromatic N) is 4. The standard InChI is InChI=1S/C13H14N4/c14-8-12-4-3-7-16(12)9-11-10-17-6-2-1-5-13(17)15-11/h1-2,5-6,10,12H,3-4,7,9H2. The zero-order chi connectivity index (χ0) is 11.7. The summed E-state index contributed by atoms with van der Waals surface area (Å²) in [6.07, 6.45) is 6.15. The number of aromatic nitrogens is 2. The van der Waals surface area contributed by atoms with E-state index in [1.54, 1.807) is 0 Å². The van der Waals surface area contributed by atoms with E-state index in [2.05, 4.69) is 16.0 Å². The molecule has 4 heteroatoms. The third-order valence-corrected chi connectivity index (χ3v) is 3.29. The van der Waals surface area contributed by atoms with Crippen molar-refractivity contribution >= 4 is 5.65 Å². The Hall–Kier alpha value is -1.86. The van der Waals surface area contributed by atoms with Crippen LogP contribution in [0.1, 0.15) is 18.5 Å². The van der Waals surface area contributed by atoms with Gasteiger partial charge in [0.1, 0.15) is 5.65 Å². The molecule has 0 N–H and O–H groups in total. The van der Waals surface area contributed by atoms with Crippen molar-refractivity contribution in [3.8, 4) is 6.07 Å². The fourth-order valence-electron chi connectivity index (χ4n) is 2.43. The summed E-state index contributed by atoms with van der Waals surface area (Å²) >= 11 is 0. The highest BCUT2D eigenvalue weighted by molar-refractivity contribution is 5.39. The van der Waals surface area contributed by atoms with E-state index in [4.69, 9.17) is 5.26 Å². The topological polar surface area (TPSA) is 44.3 Å². The second-order valence-electron chi connectivity index (χ2n) is 4.46. The Morgan fingerprint density at radius 3 is 3.24 bits per heavy atom. The van der Waals surface area contributed by atoms with Gasteiger partial charge < -0.3 is 4.40 Å². The monoisotopic (exact) mass is 226 g/mol. The molecule has 86 valence electrons. The number of fused-ring (bicyclic) bond motifs is 1. The van der Waals surface area contributed by atoms with Crippen LogP contribution in [-0.2, 0) is 6.54 Å². The maximum Gasteiger partial charge on any atom is 0.137 e. The fraction of sp³-hybridized carbons (Fsp3) is 0.385. The van der Waals surface area contributed by atoms with Crippen molar-refractivity contribution in [3.05, 3.63) is 36.3 Å². The maximum atomic E-state index is 9.04. The van der Waals surface area contributed by atoms with Gasteiger partial charge in [0.05, 0.1) is 17.8 Å². The number of hydrogen-bond donors (Lipinski definition) is 0. The molecule has 0 saturated carbocycles. The van der Waals surface area contributed by atoms with Crippen molar-refractivity contribution in [2.45, 2.75) is 25.4 Å². The van der Waals surface area contributed by atoms with E-state index >= 15 is 0 Å². The minimum absolute atomic E-state index is 0.0693. The summed E-state index contributed by atoms with van der Waals surface area (Å²) in [6.45, 7) is 1.78. The van der Waals surface area contributed by atoms with Crippen LogP contribution in [-0.4, -0.2) is 26.9 Å². The molecule has 0 bridgehead atoms. The van der Waals surface area contributed by atoms with Crippen molar-refractivity contribution in [1.82, 2.24) is 14.3 Å². The lowest BCUT2D eigenvalue weighted by Crippen LogP contribution is -2.27. The van der Waals surface area contributed by atoms with Gasteiger partial charge in [0, 0.05) is 18.9 Å². The predicted octanol–water partition coefficient (Wildman–Crippen LogP) is 1.82. The van der Waals surface area contributed by atoms with Gasteiger partial charge in [0.25, 0.3) is 0 Å². The largest absolute Gasteiger partial charge is 0.307 e. The number of rotatable bonds is 2. The van der Waals surface area contributed by atoms with Crippen molar-refractivity contribution in [1.29, 1.82) is 5.26 Å². The molecule has 0 amide bonds. The Kier molecular flexibility index (Phi) is 2.54. The summed E-state index contributed by atoms with van der Waals surface area (Å²) in [5.74, 6) is 0. The Morgan fingerprint density at radius 1 is 1.47 bits per heavy atom. The number of imidazole rings is 1. The van der Waals surface area contributed by atoms with Crippen molar-refractivity contribution < 1.29 is 0 Å². The summed E-state index contributed by atoms with van der Waals surface area (Å²) in [7, 11) is 0. The Morgan fingerprint density at radius 2 is 2.41 bits per heavy atom. The molecule has 17 heavy (non-hydrogen) atoms. The fourth-order valence-corrected chi connectivity index (χ4v) is 2.43. The Balaban J connectivity index is 1.83. The average molecular weight is 226 g/mol. The van der Waals surface area contributed by atoms with Gasteiger partial charge in [-0.1, -0.05) is 6.07 Å². The molecule has 1 aliphatic rings. The van der Waals surface area contributed by atoms with Crippen LogP contribution in [0.25, 0.3) is 5.65 Å². The minimum atomic E-state index is 0.0693. The van der Waals surface area contributed by atoms with Crippen LogP contribution >= 0.6 is 0 Å². The highest BCUT2D eigenvalue weighted by atomic mass is 15.2. The van der Waals surface area contributed by atoms with Gasteiger partial charge in [-0.25, -0.2) is 4.98 Å². The second kappa shape index (κ2) is 4.19. The quantitative estimate of drug-likeness (QED) is 0.784. The highest BCUT2D eigenvalue weighted by Gasteiger charge is 2.24. The Labute approximate surface area is 100 Å². The molecule has 3 heterocycles. The number of nitriles is 1. The Bertz CT molecular complexity index is 533. The van der Waals surface area contributed by atoms with E-state index in [-0.39, 0.29) is 6.04 Å². The summed E-state index contributed by atoms with van der Waals surface area (Å²) < 4.78 is 2.02. The summed E-state index contributed by atoms with van der Waals surface area (Å²) in [5.41, 5.74) is 2.01. The molecule has 3 rings (SSSR count). The molecule has 0 aliphatic carbocycles. The molecule has 1 unspecified atom stereocenters. The summed E-state index contributed by atoms with van der Waals surface area (Å²) in [5, 5.41) is 9.04. The first-order valence-electron chi connectivity index (χ1n) is 5.93. The van der Waals surface area contributed by atoms with Crippen LogP contribution < -0.4 is 0 Å². The molecule has 2 aromatic rings. The van der Waals surface area contributed by atoms with E-state index in [1.165, 1.54) is 0 Å². The lowest BCUT2D eigenvalue weighted by atomic mass is 10.2. The SMILES string of the molecule is N#CC1CCCN1Cc1cn2ccccc2n1. The zero-order valence-corrected chi connectivity index (χ0v) is 9.58. The number of hydrogen-bond acceptors (Lipinski definition) is 3. The first kappa shape index (κ1) is 10.3. The van der Waals surface area contributed by atoms with E-state index < -0.39 is 0 Å². The normalized spacial score (nSPS) is 20.8. The molecule has 1 aliphatic heterocycles. The van der Waals surface area contributed by atoms with Crippen LogP contribution in [0.4, 0.5) is 0 Å². The summed E-state index contributed by atoms with van der Waals surface area (Å²) in [6, 6.07) is 8.40. The molecule has 2 aromatic heterocycles. The highest BCUT2D eigenvalue weighted by Crippen LogP contribution is 2.19. The maximum absolute atomic E-state index is 9.04. The lowest BCUT2D eigenvalue weighted by Gasteiger charge is -2.16. The zero-order valence-electron chi connectivity index (χ0n) is 9.58. The number of likely N-dealkylation sites (tertiary alicyclic amines) is 1. The molecular formula is C13H14N4. The lowest BCUT2D eigenvalue weighted by molar-refractivity contribution is 0.283. The van der Waals surface area contributed by atoms with Gasteiger partial charge in [-0.3, -0.25) is 4.90 Å². The van der Waals surface area contributed by atoms with Gasteiger partial charge >= 0.3 is 0 Å². The van der Waals surface area contributed by atoms with Gasteiger partial charge in [0.15, 0.2) is 0 Å². The van der Waals surface area contributed by atoms with Crippen molar-refractivity contribution in [2.75, 3.05) is 6.54 Å². The molecule has 4 nitrogen and oxygen atoms in total. The second-order valence-corrected chi connectivity index (χ2v) is 4.46. The molecule has 0 spiro atoms. The first-order valence-corrected chi connectivity index (χ1v) is 5.93. The molecule has 1 saturated heterocycles. The van der Waals surface area contributed by atoms with Crippen molar-refractivity contribution in [2.24, 2.45) is 0 Å². The van der Waals surface area contributed by atoms with E-state index in [1.807, 2.05) is 35.0 Å². The molecule has 0 radical (unpaired) electrons. The van der Waals surface area contributed by atoms with Crippen LogP contribution in [0.15, 0.2) is 30.6 Å². The van der Waals surface area contributed by atoms with Gasteiger partial charge in [-0.2, -0.15) is 5.26 Å². The third kappa shape index (κ3) is 1.90. The first-order chi connectivity index (χ1) is 8.36. The van der Waals surface area contributed by atoms with Crippen LogP contribution in [0.2, 0.25) is 0 Å². The van der Waals surface area contributed by atoms with Gasteiger partial charge in [-0.05, 0) is 31.5 Å². The molecule has 0 aromatic carbocycles. The molecule has 1 atom stereocenters. The number of pyridine rings is 1. The van der Waals surface area contributed by atoms with Crippen molar-refractivity contribution in [3.63, 3.8) is 0 Å². The predicted molar refractivity (Wildman–Crippen MR) is 64.2 cm³/mol. The minimum Gasteiger partial charge on any atom is -0.307 e. The van der Waals surface area contributed by atoms with Gasteiger partial charge in [0.2, 0.25) is 0 Å². The van der Waals surface area contributed by atoms with E-state index in [9.17, 15) is 0 Å². The average Bonchev–Trinajstić information content (AvgIpc) is 2.94. The molecule has 1 fully saturated rings. The van der Waals surface area contributed by atoms with Crippen LogP contribution in [0.5, 0.6) is 0 Å².